The molecule has 0 atom stereocenters. The van der Waals surface area contributed by atoms with Gasteiger partial charge in [0.2, 0.25) is 10.0 Å². The zero-order valence-corrected chi connectivity index (χ0v) is 12.9. The molecule has 0 aromatic carbocycles. The van der Waals surface area contributed by atoms with Crippen LogP contribution in [0, 0.1) is 13.8 Å². The van der Waals surface area contributed by atoms with Crippen molar-refractivity contribution in [2.45, 2.75) is 20.4 Å². The average Bonchev–Trinajstić information content (AvgIpc) is 2.66. The van der Waals surface area contributed by atoms with Crippen molar-refractivity contribution in [3.05, 3.63) is 53.1 Å². The van der Waals surface area contributed by atoms with Gasteiger partial charge in [0.1, 0.15) is 0 Å². The highest BCUT2D eigenvalue weighted by atomic mass is 32.2. The summed E-state index contributed by atoms with van der Waals surface area (Å²) in [6, 6.07) is 7.31. The monoisotopic (exact) mass is 307 g/mol. The van der Waals surface area contributed by atoms with Crippen LogP contribution in [0.5, 0.6) is 0 Å². The Balaban J connectivity index is 2.32. The summed E-state index contributed by atoms with van der Waals surface area (Å²) >= 11 is 0. The van der Waals surface area contributed by atoms with Crippen LogP contribution in [0.25, 0.3) is 0 Å². The summed E-state index contributed by atoms with van der Waals surface area (Å²) in [5.41, 5.74) is 2.80. The smallest absolute Gasteiger partial charge is 0.266 e. The fraction of sp³-hybridized carbons (Fsp3) is 0.286. The number of rotatable bonds is 4. The number of hydrogen-bond acceptors (Lipinski definition) is 4. The molecule has 0 radical (unpaired) electrons. The van der Waals surface area contributed by atoms with Gasteiger partial charge in [-0.2, -0.15) is 0 Å². The average molecular weight is 307 g/mol. The van der Waals surface area contributed by atoms with Gasteiger partial charge in [0.05, 0.1) is 24.1 Å². The molecule has 7 heteroatoms. The van der Waals surface area contributed by atoms with E-state index in [1.54, 1.807) is 19.2 Å². The second kappa shape index (κ2) is 5.69. The molecule has 0 bridgehead atoms. The molecule has 0 saturated heterocycles. The zero-order valence-electron chi connectivity index (χ0n) is 12.1. The summed E-state index contributed by atoms with van der Waals surface area (Å²) in [5.74, 6) is -0.613. The van der Waals surface area contributed by atoms with E-state index < -0.39 is 15.9 Å². The normalized spacial score (nSPS) is 11.4. The van der Waals surface area contributed by atoms with E-state index in [4.69, 9.17) is 0 Å². The minimum atomic E-state index is -3.57. The van der Waals surface area contributed by atoms with Crippen LogP contribution < -0.4 is 4.72 Å². The van der Waals surface area contributed by atoms with Gasteiger partial charge in [0.15, 0.2) is 0 Å². The Morgan fingerprint density at radius 1 is 1.33 bits per heavy atom. The van der Waals surface area contributed by atoms with Gasteiger partial charge in [-0.1, -0.05) is 6.07 Å². The first kappa shape index (κ1) is 15.2. The highest BCUT2D eigenvalue weighted by Gasteiger charge is 2.18. The van der Waals surface area contributed by atoms with Gasteiger partial charge in [0, 0.05) is 17.6 Å². The molecule has 0 unspecified atom stereocenters. The van der Waals surface area contributed by atoms with Crippen molar-refractivity contribution in [1.82, 2.24) is 14.3 Å². The first-order valence-electron chi connectivity index (χ1n) is 6.36. The Bertz CT molecular complexity index is 764. The van der Waals surface area contributed by atoms with Gasteiger partial charge in [0.25, 0.3) is 5.91 Å². The molecule has 2 aromatic heterocycles. The quantitative estimate of drug-likeness (QED) is 0.921. The lowest BCUT2D eigenvalue weighted by atomic mass is 10.2. The predicted molar refractivity (Wildman–Crippen MR) is 79.6 cm³/mol. The van der Waals surface area contributed by atoms with Crippen LogP contribution in [-0.2, 0) is 16.6 Å². The number of hydrogen-bond donors (Lipinski definition) is 1. The zero-order chi connectivity index (χ0) is 15.6. The second-order valence-corrected chi connectivity index (χ2v) is 6.64. The number of carbonyl (C=O) groups is 1. The van der Waals surface area contributed by atoms with Crippen molar-refractivity contribution in [3.63, 3.8) is 0 Å². The van der Waals surface area contributed by atoms with E-state index in [9.17, 15) is 13.2 Å². The summed E-state index contributed by atoms with van der Waals surface area (Å²) in [7, 11) is -3.57. The molecule has 1 amide bonds. The van der Waals surface area contributed by atoms with E-state index in [2.05, 4.69) is 4.98 Å². The Morgan fingerprint density at radius 3 is 2.62 bits per heavy atom. The van der Waals surface area contributed by atoms with Gasteiger partial charge >= 0.3 is 0 Å². The molecule has 0 aliphatic carbocycles. The Morgan fingerprint density at radius 2 is 2.05 bits per heavy atom. The van der Waals surface area contributed by atoms with Gasteiger partial charge in [-0.25, -0.2) is 13.1 Å². The molecule has 0 aliphatic rings. The maximum atomic E-state index is 12.0. The SMILES string of the molecule is Cc1cc(C(=O)NS(C)(=O)=O)c(C)n1Cc1ccccn1. The Hall–Kier alpha value is -2.15. The summed E-state index contributed by atoms with van der Waals surface area (Å²) < 4.78 is 26.2. The Kier molecular flexibility index (Phi) is 4.13. The van der Waals surface area contributed by atoms with E-state index >= 15 is 0 Å². The molecule has 112 valence electrons. The lowest BCUT2D eigenvalue weighted by molar-refractivity contribution is 0.0981. The van der Waals surface area contributed by atoms with Crippen molar-refractivity contribution in [2.75, 3.05) is 6.26 Å². The van der Waals surface area contributed by atoms with E-state index in [1.165, 1.54) is 0 Å². The minimum Gasteiger partial charge on any atom is -0.342 e. The van der Waals surface area contributed by atoms with Crippen molar-refractivity contribution in [3.8, 4) is 0 Å². The largest absolute Gasteiger partial charge is 0.342 e. The van der Waals surface area contributed by atoms with Crippen LogP contribution in [-0.4, -0.2) is 30.1 Å². The van der Waals surface area contributed by atoms with Crippen LogP contribution in [0.1, 0.15) is 27.4 Å². The van der Waals surface area contributed by atoms with Gasteiger partial charge in [-0.15, -0.1) is 0 Å². The molecule has 2 rings (SSSR count). The third kappa shape index (κ3) is 3.69. The summed E-state index contributed by atoms with van der Waals surface area (Å²) in [6.45, 7) is 4.19. The van der Waals surface area contributed by atoms with Crippen LogP contribution in [0.4, 0.5) is 0 Å². The predicted octanol–water partition coefficient (Wildman–Crippen LogP) is 1.24. The van der Waals surface area contributed by atoms with Gasteiger partial charge in [-0.3, -0.25) is 9.78 Å². The van der Waals surface area contributed by atoms with Gasteiger partial charge < -0.3 is 4.57 Å². The van der Waals surface area contributed by atoms with E-state index in [0.717, 1.165) is 17.6 Å². The van der Waals surface area contributed by atoms with Crippen molar-refractivity contribution in [1.29, 1.82) is 0 Å². The molecule has 2 heterocycles. The first-order valence-corrected chi connectivity index (χ1v) is 8.26. The minimum absolute atomic E-state index is 0.355. The molecule has 21 heavy (non-hydrogen) atoms. The maximum Gasteiger partial charge on any atom is 0.266 e. The highest BCUT2D eigenvalue weighted by molar-refractivity contribution is 7.89. The lowest BCUT2D eigenvalue weighted by Crippen LogP contribution is -2.29. The number of nitrogens with one attached hydrogen (secondary N) is 1. The second-order valence-electron chi connectivity index (χ2n) is 4.90. The molecular weight excluding hydrogens is 290 g/mol. The number of carbonyl (C=O) groups excluding carboxylic acids is 1. The number of nitrogens with zero attached hydrogens (tertiary/aromatic N) is 2. The summed E-state index contributed by atoms with van der Waals surface area (Å²) in [4.78, 5) is 16.2. The van der Waals surface area contributed by atoms with E-state index in [-0.39, 0.29) is 0 Å². The van der Waals surface area contributed by atoms with Gasteiger partial charge in [-0.05, 0) is 32.0 Å². The maximum absolute atomic E-state index is 12.0. The standard InChI is InChI=1S/C14H17N3O3S/c1-10-8-13(14(18)16-21(3,19)20)11(2)17(10)9-12-6-4-5-7-15-12/h4-8H,9H2,1-3H3,(H,16,18). The first-order chi connectivity index (χ1) is 9.78. The van der Waals surface area contributed by atoms with Crippen molar-refractivity contribution in [2.24, 2.45) is 0 Å². The van der Waals surface area contributed by atoms with E-state index in [0.29, 0.717) is 17.8 Å². The molecule has 0 aliphatic heterocycles. The van der Waals surface area contributed by atoms with Crippen LogP contribution in [0.2, 0.25) is 0 Å². The number of pyridine rings is 1. The van der Waals surface area contributed by atoms with Crippen LogP contribution >= 0.6 is 0 Å². The summed E-state index contributed by atoms with van der Waals surface area (Å²) in [6.07, 6.45) is 2.67. The molecule has 2 aromatic rings. The molecule has 6 nitrogen and oxygen atoms in total. The summed E-state index contributed by atoms with van der Waals surface area (Å²) in [5, 5.41) is 0. The number of aryl methyl sites for hydroxylation is 1. The van der Waals surface area contributed by atoms with Crippen molar-refractivity contribution >= 4 is 15.9 Å². The molecule has 0 saturated carbocycles. The highest BCUT2D eigenvalue weighted by Crippen LogP contribution is 2.16. The molecule has 0 spiro atoms. The molecular formula is C14H17N3O3S. The topological polar surface area (TPSA) is 81.1 Å². The Labute approximate surface area is 123 Å². The third-order valence-electron chi connectivity index (χ3n) is 3.14. The number of amides is 1. The van der Waals surface area contributed by atoms with Crippen LogP contribution in [0.15, 0.2) is 30.5 Å². The molecule has 0 fully saturated rings. The third-order valence-corrected chi connectivity index (χ3v) is 3.70. The lowest BCUT2D eigenvalue weighted by Gasteiger charge is -2.09. The van der Waals surface area contributed by atoms with Crippen LogP contribution in [0.3, 0.4) is 0 Å². The number of sulfonamides is 1. The molecule has 1 N–H and O–H groups in total. The van der Waals surface area contributed by atoms with Crippen molar-refractivity contribution < 1.29 is 13.2 Å². The number of aromatic nitrogens is 2. The fourth-order valence-electron chi connectivity index (χ4n) is 2.15. The fourth-order valence-corrected chi connectivity index (χ4v) is 2.60. The van der Waals surface area contributed by atoms with E-state index in [1.807, 2.05) is 34.4 Å².